The summed E-state index contributed by atoms with van der Waals surface area (Å²) < 4.78 is 32.1. The van der Waals surface area contributed by atoms with Gasteiger partial charge in [-0.1, -0.05) is 26.0 Å². The molecule has 1 rings (SSSR count). The van der Waals surface area contributed by atoms with Gasteiger partial charge in [0.2, 0.25) is 10.0 Å². The topological polar surface area (TPSA) is 81.4 Å². The number of hydrogen-bond donors (Lipinski definition) is 2. The van der Waals surface area contributed by atoms with Crippen LogP contribution < -0.4 is 15.2 Å². The summed E-state index contributed by atoms with van der Waals surface area (Å²) >= 11 is 0. The van der Waals surface area contributed by atoms with Gasteiger partial charge in [0.25, 0.3) is 0 Å². The number of nitrogens with two attached hydrogens (primary N) is 1. The van der Waals surface area contributed by atoms with Crippen molar-refractivity contribution in [3.63, 3.8) is 0 Å². The number of para-hydroxylation sites is 1. The summed E-state index contributed by atoms with van der Waals surface area (Å²) in [6.07, 6.45) is 1.41. The van der Waals surface area contributed by atoms with Crippen molar-refractivity contribution in [3.05, 3.63) is 24.3 Å². The highest BCUT2D eigenvalue weighted by molar-refractivity contribution is 7.89. The molecule has 0 aliphatic heterocycles. The van der Waals surface area contributed by atoms with E-state index in [0.717, 1.165) is 0 Å². The number of hydrogen-bond acceptors (Lipinski definition) is 4. The molecule has 0 aliphatic carbocycles. The van der Waals surface area contributed by atoms with E-state index in [2.05, 4.69) is 4.72 Å². The van der Waals surface area contributed by atoms with Gasteiger partial charge in [0.1, 0.15) is 10.6 Å². The molecule has 0 heterocycles. The maximum Gasteiger partial charge on any atom is 0.244 e. The lowest BCUT2D eigenvalue weighted by molar-refractivity contribution is 0.388. The van der Waals surface area contributed by atoms with Gasteiger partial charge in [0.15, 0.2) is 0 Å². The summed E-state index contributed by atoms with van der Waals surface area (Å²) in [6, 6.07) is 6.51. The summed E-state index contributed by atoms with van der Waals surface area (Å²) in [5, 5.41) is 0. The van der Waals surface area contributed by atoms with E-state index in [0.29, 0.717) is 18.6 Å². The van der Waals surface area contributed by atoms with Crippen LogP contribution in [0.4, 0.5) is 0 Å². The number of methoxy groups -OCH3 is 1. The van der Waals surface area contributed by atoms with Crippen molar-refractivity contribution in [2.75, 3.05) is 13.7 Å². The second kappa shape index (κ2) is 6.36. The lowest BCUT2D eigenvalue weighted by atomic mass is 9.95. The van der Waals surface area contributed by atoms with Gasteiger partial charge < -0.3 is 10.5 Å². The zero-order valence-corrected chi connectivity index (χ0v) is 12.5. The maximum absolute atomic E-state index is 12.2. The fraction of sp³-hybridized carbons (Fsp3) is 0.538. The molecule has 0 fully saturated rings. The van der Waals surface area contributed by atoms with Crippen molar-refractivity contribution in [2.24, 2.45) is 5.73 Å². The van der Waals surface area contributed by atoms with Gasteiger partial charge in [-0.25, -0.2) is 13.1 Å². The quantitative estimate of drug-likeness (QED) is 0.795. The average Bonchev–Trinajstić information content (AvgIpc) is 2.44. The van der Waals surface area contributed by atoms with E-state index in [4.69, 9.17) is 10.5 Å². The molecule has 0 saturated carbocycles. The summed E-state index contributed by atoms with van der Waals surface area (Å²) in [7, 11) is -2.17. The van der Waals surface area contributed by atoms with E-state index in [1.165, 1.54) is 13.2 Å². The van der Waals surface area contributed by atoms with Crippen LogP contribution in [0.1, 0.15) is 26.7 Å². The van der Waals surface area contributed by atoms with Crippen LogP contribution in [0.2, 0.25) is 0 Å². The molecule has 0 atom stereocenters. The van der Waals surface area contributed by atoms with Crippen molar-refractivity contribution in [3.8, 4) is 5.75 Å². The molecule has 0 spiro atoms. The van der Waals surface area contributed by atoms with Crippen molar-refractivity contribution < 1.29 is 13.2 Å². The Labute approximate surface area is 115 Å². The van der Waals surface area contributed by atoms with Gasteiger partial charge in [0, 0.05) is 12.1 Å². The number of ether oxygens (including phenoxy) is 1. The molecule has 6 heteroatoms. The first-order valence-corrected chi connectivity index (χ1v) is 7.78. The zero-order valence-electron chi connectivity index (χ0n) is 11.6. The molecule has 0 bridgehead atoms. The molecule has 1 aromatic rings. The van der Waals surface area contributed by atoms with E-state index in [-0.39, 0.29) is 11.4 Å². The smallest absolute Gasteiger partial charge is 0.244 e. The normalized spacial score (nSPS) is 12.4. The Balaban J connectivity index is 2.93. The highest BCUT2D eigenvalue weighted by atomic mass is 32.2. The highest BCUT2D eigenvalue weighted by Gasteiger charge is 2.25. The highest BCUT2D eigenvalue weighted by Crippen LogP contribution is 2.23. The second-order valence-corrected chi connectivity index (χ2v) is 6.28. The van der Waals surface area contributed by atoms with Crippen molar-refractivity contribution in [2.45, 2.75) is 37.1 Å². The first kappa shape index (κ1) is 15.9. The largest absolute Gasteiger partial charge is 0.495 e. The molecule has 0 radical (unpaired) electrons. The first-order chi connectivity index (χ1) is 8.88. The Bertz CT molecular complexity index is 510. The Morgan fingerprint density at radius 2 is 1.84 bits per heavy atom. The van der Waals surface area contributed by atoms with Crippen LogP contribution in [-0.4, -0.2) is 27.6 Å². The molecule has 0 aromatic heterocycles. The minimum Gasteiger partial charge on any atom is -0.495 e. The van der Waals surface area contributed by atoms with Crippen LogP contribution in [0.25, 0.3) is 0 Å². The number of benzene rings is 1. The van der Waals surface area contributed by atoms with E-state index in [1.54, 1.807) is 18.2 Å². The van der Waals surface area contributed by atoms with Crippen LogP contribution in [0.3, 0.4) is 0 Å². The molecule has 0 unspecified atom stereocenters. The summed E-state index contributed by atoms with van der Waals surface area (Å²) in [5.74, 6) is 0.325. The molecule has 0 saturated heterocycles. The van der Waals surface area contributed by atoms with Gasteiger partial charge in [0.05, 0.1) is 7.11 Å². The van der Waals surface area contributed by atoms with Crippen molar-refractivity contribution >= 4 is 10.0 Å². The van der Waals surface area contributed by atoms with Crippen LogP contribution >= 0.6 is 0 Å². The lowest BCUT2D eigenvalue weighted by Gasteiger charge is -2.26. The number of sulfonamides is 1. The van der Waals surface area contributed by atoms with Crippen LogP contribution in [0.15, 0.2) is 29.2 Å². The van der Waals surface area contributed by atoms with Crippen molar-refractivity contribution in [1.29, 1.82) is 0 Å². The van der Waals surface area contributed by atoms with Crippen LogP contribution in [-0.2, 0) is 10.0 Å². The predicted octanol–water partition coefficient (Wildman–Crippen LogP) is 1.49. The fourth-order valence-corrected chi connectivity index (χ4v) is 2.96. The first-order valence-electron chi connectivity index (χ1n) is 6.30. The molecule has 108 valence electrons. The Morgan fingerprint density at radius 3 is 2.37 bits per heavy atom. The Kier molecular flexibility index (Phi) is 5.34. The van der Waals surface area contributed by atoms with E-state index < -0.39 is 15.6 Å². The van der Waals surface area contributed by atoms with E-state index in [9.17, 15) is 8.42 Å². The molecule has 5 nitrogen and oxygen atoms in total. The van der Waals surface area contributed by atoms with Crippen LogP contribution in [0.5, 0.6) is 5.75 Å². The molecule has 1 aromatic carbocycles. The molecule has 3 N–H and O–H groups in total. The third kappa shape index (κ3) is 3.92. The SMILES string of the molecule is CCC(N)(CC)CNS(=O)(=O)c1ccccc1OC. The molecule has 19 heavy (non-hydrogen) atoms. The van der Waals surface area contributed by atoms with Gasteiger partial charge in [-0.15, -0.1) is 0 Å². The average molecular weight is 286 g/mol. The summed E-state index contributed by atoms with van der Waals surface area (Å²) in [4.78, 5) is 0.132. The van der Waals surface area contributed by atoms with Gasteiger partial charge in [-0.2, -0.15) is 0 Å². The monoisotopic (exact) mass is 286 g/mol. The third-order valence-corrected chi connectivity index (χ3v) is 4.82. The number of rotatable bonds is 7. The molecular weight excluding hydrogens is 264 g/mol. The predicted molar refractivity (Wildman–Crippen MR) is 75.7 cm³/mol. The molecular formula is C13H22N2O3S. The summed E-state index contributed by atoms with van der Waals surface area (Å²) in [5.41, 5.74) is 5.58. The van der Waals surface area contributed by atoms with Crippen molar-refractivity contribution in [1.82, 2.24) is 4.72 Å². The lowest BCUT2D eigenvalue weighted by Crippen LogP contribution is -2.49. The van der Waals surface area contributed by atoms with Crippen LogP contribution in [0, 0.1) is 0 Å². The Hall–Kier alpha value is -1.11. The van der Waals surface area contributed by atoms with Gasteiger partial charge in [-0.05, 0) is 25.0 Å². The maximum atomic E-state index is 12.2. The van der Waals surface area contributed by atoms with E-state index in [1.807, 2.05) is 13.8 Å². The molecule has 0 aliphatic rings. The molecule has 0 amide bonds. The third-order valence-electron chi connectivity index (χ3n) is 3.38. The minimum atomic E-state index is -3.61. The minimum absolute atomic E-state index is 0.132. The number of nitrogens with one attached hydrogen (secondary N) is 1. The Morgan fingerprint density at radius 1 is 1.26 bits per heavy atom. The van der Waals surface area contributed by atoms with Gasteiger partial charge >= 0.3 is 0 Å². The second-order valence-electron chi connectivity index (χ2n) is 4.54. The zero-order chi connectivity index (χ0) is 14.5. The summed E-state index contributed by atoms with van der Waals surface area (Å²) in [6.45, 7) is 4.10. The fourth-order valence-electron chi connectivity index (χ4n) is 1.66. The van der Waals surface area contributed by atoms with Gasteiger partial charge in [-0.3, -0.25) is 0 Å². The van der Waals surface area contributed by atoms with E-state index >= 15 is 0 Å². The standard InChI is InChI=1S/C13H22N2O3S/c1-4-13(14,5-2)10-15-19(16,17)12-9-7-6-8-11(12)18-3/h6-9,15H,4-5,10,14H2,1-3H3.